The number of nitrogens with zero attached hydrogens (tertiary/aromatic N) is 1. The highest BCUT2D eigenvalue weighted by atomic mass is 16.1. The zero-order valence-corrected chi connectivity index (χ0v) is 5.66. The predicted molar refractivity (Wildman–Crippen MR) is 38.9 cm³/mol. The van der Waals surface area contributed by atoms with Crippen LogP contribution in [0.4, 0.5) is 0 Å². The van der Waals surface area contributed by atoms with Crippen molar-refractivity contribution in [2.45, 2.75) is 6.54 Å². The van der Waals surface area contributed by atoms with Crippen LogP contribution in [0.1, 0.15) is 10.4 Å². The summed E-state index contributed by atoms with van der Waals surface area (Å²) in [6.07, 6.45) is 4.45. The van der Waals surface area contributed by atoms with Gasteiger partial charge in [-0.1, -0.05) is 0 Å². The van der Waals surface area contributed by atoms with Crippen molar-refractivity contribution in [3.63, 3.8) is 0 Å². The molecule has 0 amide bonds. The van der Waals surface area contributed by atoms with Crippen LogP contribution < -0.4 is 5.73 Å². The molecule has 1 aromatic heterocycles. The zero-order chi connectivity index (χ0) is 7.40. The van der Waals surface area contributed by atoms with Crippen molar-refractivity contribution in [2.24, 2.45) is 5.73 Å². The molecule has 3 heteroatoms. The number of aromatic nitrogens is 1. The van der Waals surface area contributed by atoms with E-state index in [2.05, 4.69) is 0 Å². The maximum Gasteiger partial charge on any atom is 0.151 e. The van der Waals surface area contributed by atoms with Crippen LogP contribution in [0.2, 0.25) is 0 Å². The Morgan fingerprint density at radius 2 is 2.50 bits per heavy atom. The molecule has 1 rings (SSSR count). The van der Waals surface area contributed by atoms with Crippen LogP contribution in [0, 0.1) is 0 Å². The molecule has 0 bridgehead atoms. The molecule has 10 heavy (non-hydrogen) atoms. The Kier molecular flexibility index (Phi) is 2.23. The second kappa shape index (κ2) is 3.17. The molecule has 0 saturated carbocycles. The normalized spacial score (nSPS) is 9.70. The standard InChI is InChI=1S/C7H10N2O/c8-2-4-9-3-1-7(5-9)6-10/h1,3,5-6H,2,4,8H2. The van der Waals surface area contributed by atoms with Crippen LogP contribution in [0.3, 0.4) is 0 Å². The Morgan fingerprint density at radius 1 is 1.70 bits per heavy atom. The Morgan fingerprint density at radius 3 is 3.00 bits per heavy atom. The lowest BCUT2D eigenvalue weighted by Gasteiger charge is -1.95. The van der Waals surface area contributed by atoms with Crippen LogP contribution in [-0.2, 0) is 6.54 Å². The van der Waals surface area contributed by atoms with E-state index in [4.69, 9.17) is 5.73 Å². The summed E-state index contributed by atoms with van der Waals surface area (Å²) in [4.78, 5) is 10.2. The molecule has 0 aliphatic carbocycles. The van der Waals surface area contributed by atoms with Gasteiger partial charge in [0.15, 0.2) is 6.29 Å². The van der Waals surface area contributed by atoms with Gasteiger partial charge in [-0.05, 0) is 6.07 Å². The Balaban J connectivity index is 2.68. The van der Waals surface area contributed by atoms with Crippen LogP contribution >= 0.6 is 0 Å². The lowest BCUT2D eigenvalue weighted by Crippen LogP contribution is -2.07. The predicted octanol–water partition coefficient (Wildman–Crippen LogP) is 0.259. The Hall–Kier alpha value is -1.09. The summed E-state index contributed by atoms with van der Waals surface area (Å²) in [6.45, 7) is 1.38. The van der Waals surface area contributed by atoms with Crippen LogP contribution in [0.25, 0.3) is 0 Å². The van der Waals surface area contributed by atoms with Gasteiger partial charge in [-0.25, -0.2) is 0 Å². The highest BCUT2D eigenvalue weighted by molar-refractivity contribution is 5.74. The van der Waals surface area contributed by atoms with E-state index in [1.165, 1.54) is 0 Å². The highest BCUT2D eigenvalue weighted by Gasteiger charge is 1.91. The summed E-state index contributed by atoms with van der Waals surface area (Å²) in [5.41, 5.74) is 6.00. The first-order chi connectivity index (χ1) is 4.86. The first-order valence-electron chi connectivity index (χ1n) is 3.18. The molecule has 0 aliphatic rings. The maximum absolute atomic E-state index is 10.2. The molecule has 0 saturated heterocycles. The third kappa shape index (κ3) is 1.45. The second-order valence-electron chi connectivity index (χ2n) is 2.09. The van der Waals surface area contributed by atoms with Crippen LogP contribution in [0.5, 0.6) is 0 Å². The first kappa shape index (κ1) is 7.02. The van der Waals surface area contributed by atoms with Gasteiger partial charge in [0.1, 0.15) is 0 Å². The van der Waals surface area contributed by atoms with Gasteiger partial charge in [0.05, 0.1) is 0 Å². The van der Waals surface area contributed by atoms with E-state index in [0.717, 1.165) is 12.8 Å². The molecule has 0 radical (unpaired) electrons. The number of nitrogens with two attached hydrogens (primary N) is 1. The molecule has 0 unspecified atom stereocenters. The smallest absolute Gasteiger partial charge is 0.151 e. The minimum atomic E-state index is 0.604. The van der Waals surface area contributed by atoms with Crippen molar-refractivity contribution in [1.82, 2.24) is 4.57 Å². The van der Waals surface area contributed by atoms with E-state index in [9.17, 15) is 4.79 Å². The molecule has 1 heterocycles. The molecule has 3 nitrogen and oxygen atoms in total. The molecule has 2 N–H and O–H groups in total. The van der Waals surface area contributed by atoms with Crippen molar-refractivity contribution in [2.75, 3.05) is 6.54 Å². The van der Waals surface area contributed by atoms with Gasteiger partial charge in [-0.15, -0.1) is 0 Å². The van der Waals surface area contributed by atoms with E-state index in [1.54, 1.807) is 12.3 Å². The number of carbonyl (C=O) groups excluding carboxylic acids is 1. The van der Waals surface area contributed by atoms with Gasteiger partial charge in [-0.2, -0.15) is 0 Å². The summed E-state index contributed by atoms with van der Waals surface area (Å²) >= 11 is 0. The number of hydrogen-bond donors (Lipinski definition) is 1. The third-order valence-electron chi connectivity index (χ3n) is 1.30. The second-order valence-corrected chi connectivity index (χ2v) is 2.09. The van der Waals surface area contributed by atoms with Gasteiger partial charge in [0.2, 0.25) is 0 Å². The van der Waals surface area contributed by atoms with Gasteiger partial charge in [0.25, 0.3) is 0 Å². The summed E-state index contributed by atoms with van der Waals surface area (Å²) in [6, 6.07) is 1.77. The minimum absolute atomic E-state index is 0.604. The minimum Gasteiger partial charge on any atom is -0.352 e. The average molecular weight is 138 g/mol. The number of rotatable bonds is 3. The maximum atomic E-state index is 10.2. The van der Waals surface area contributed by atoms with E-state index in [-0.39, 0.29) is 0 Å². The summed E-state index contributed by atoms with van der Waals surface area (Å²) in [7, 11) is 0. The fourth-order valence-electron chi connectivity index (χ4n) is 0.817. The number of carbonyl (C=O) groups is 1. The monoisotopic (exact) mass is 138 g/mol. The van der Waals surface area contributed by atoms with E-state index >= 15 is 0 Å². The van der Waals surface area contributed by atoms with Crippen molar-refractivity contribution in [1.29, 1.82) is 0 Å². The number of hydrogen-bond acceptors (Lipinski definition) is 2. The third-order valence-corrected chi connectivity index (χ3v) is 1.30. The van der Waals surface area contributed by atoms with E-state index < -0.39 is 0 Å². The molecule has 0 aromatic carbocycles. The van der Waals surface area contributed by atoms with Crippen molar-refractivity contribution >= 4 is 6.29 Å². The Labute approximate surface area is 59.4 Å². The van der Waals surface area contributed by atoms with Crippen LogP contribution in [0.15, 0.2) is 18.5 Å². The quantitative estimate of drug-likeness (QED) is 0.609. The molecular weight excluding hydrogens is 128 g/mol. The summed E-state index contributed by atoms with van der Waals surface area (Å²) < 4.78 is 1.89. The topological polar surface area (TPSA) is 48.0 Å². The molecule has 1 aromatic rings. The van der Waals surface area contributed by atoms with Gasteiger partial charge in [0, 0.05) is 31.0 Å². The van der Waals surface area contributed by atoms with Gasteiger partial charge in [-0.3, -0.25) is 4.79 Å². The SMILES string of the molecule is NCCn1ccc(C=O)c1. The fourth-order valence-corrected chi connectivity index (χ4v) is 0.817. The zero-order valence-electron chi connectivity index (χ0n) is 5.66. The van der Waals surface area contributed by atoms with Crippen molar-refractivity contribution in [3.05, 3.63) is 24.0 Å². The summed E-state index contributed by atoms with van der Waals surface area (Å²) in [5, 5.41) is 0. The average Bonchev–Trinajstić information content (AvgIpc) is 2.37. The molecule has 0 fully saturated rings. The lowest BCUT2D eigenvalue weighted by atomic mass is 10.4. The molecule has 54 valence electrons. The summed E-state index contributed by atoms with van der Waals surface area (Å²) in [5.74, 6) is 0. The first-order valence-corrected chi connectivity index (χ1v) is 3.18. The van der Waals surface area contributed by atoms with Crippen LogP contribution in [-0.4, -0.2) is 17.4 Å². The molecule has 0 atom stereocenters. The molecular formula is C7H10N2O. The lowest BCUT2D eigenvalue weighted by molar-refractivity contribution is 0.112. The van der Waals surface area contributed by atoms with E-state index in [0.29, 0.717) is 12.1 Å². The molecule has 0 aliphatic heterocycles. The fraction of sp³-hybridized carbons (Fsp3) is 0.286. The highest BCUT2D eigenvalue weighted by Crippen LogP contribution is 1.96. The number of aldehydes is 1. The van der Waals surface area contributed by atoms with E-state index in [1.807, 2.05) is 10.8 Å². The largest absolute Gasteiger partial charge is 0.352 e. The Bertz CT molecular complexity index is 217. The van der Waals surface area contributed by atoms with Gasteiger partial charge >= 0.3 is 0 Å². The van der Waals surface area contributed by atoms with Crippen molar-refractivity contribution < 1.29 is 4.79 Å². The molecule has 0 spiro atoms. The van der Waals surface area contributed by atoms with Crippen molar-refractivity contribution in [3.8, 4) is 0 Å². The van der Waals surface area contributed by atoms with Gasteiger partial charge < -0.3 is 10.3 Å².